The van der Waals surface area contributed by atoms with Crippen LogP contribution in [0.25, 0.3) is 11.0 Å². The molecule has 0 bridgehead atoms. The normalized spacial score (nSPS) is 16.6. The van der Waals surface area contributed by atoms with Crippen LogP contribution in [0.4, 0.5) is 0 Å². The van der Waals surface area contributed by atoms with Crippen LogP contribution in [0.5, 0.6) is 5.75 Å². The van der Waals surface area contributed by atoms with Gasteiger partial charge in [-0.1, -0.05) is 24.8 Å². The molecule has 9 nitrogen and oxygen atoms in total. The number of carbonyl (C=O) groups is 2. The Balaban J connectivity index is 1.51. The molecule has 1 saturated heterocycles. The zero-order chi connectivity index (χ0) is 25.5. The highest BCUT2D eigenvalue weighted by molar-refractivity contribution is 6.08. The van der Waals surface area contributed by atoms with E-state index in [9.17, 15) is 9.59 Å². The highest BCUT2D eigenvalue weighted by Crippen LogP contribution is 2.24. The largest absolute Gasteiger partial charge is 0.466 e. The average Bonchev–Trinajstić information content (AvgIpc) is 3.35. The van der Waals surface area contributed by atoms with E-state index in [1.807, 2.05) is 29.2 Å². The smallest absolute Gasteiger partial charge is 0.310 e. The Morgan fingerprint density at radius 1 is 1.25 bits per heavy atom. The van der Waals surface area contributed by atoms with Gasteiger partial charge in [-0.3, -0.25) is 9.59 Å². The van der Waals surface area contributed by atoms with Gasteiger partial charge in [0.05, 0.1) is 23.6 Å². The summed E-state index contributed by atoms with van der Waals surface area (Å²) in [7, 11) is 0. The predicted molar refractivity (Wildman–Crippen MR) is 137 cm³/mol. The van der Waals surface area contributed by atoms with Crippen LogP contribution in [0.3, 0.4) is 0 Å². The highest BCUT2D eigenvalue weighted by Gasteiger charge is 2.28. The van der Waals surface area contributed by atoms with Gasteiger partial charge in [0.15, 0.2) is 11.6 Å². The summed E-state index contributed by atoms with van der Waals surface area (Å²) in [6.45, 7) is 6.88. The van der Waals surface area contributed by atoms with Gasteiger partial charge in [-0.05, 0) is 56.2 Å². The summed E-state index contributed by atoms with van der Waals surface area (Å²) in [5.74, 6) is 0.499. The first kappa shape index (κ1) is 24.7. The number of aromatic amines is 1. The molecule has 186 valence electrons. The number of hydrogen-bond donors (Lipinski definition) is 2. The van der Waals surface area contributed by atoms with Crippen molar-refractivity contribution in [1.29, 1.82) is 0 Å². The van der Waals surface area contributed by atoms with E-state index in [-0.39, 0.29) is 29.4 Å². The summed E-state index contributed by atoms with van der Waals surface area (Å²) in [4.78, 5) is 38.7. The molecule has 0 saturated carbocycles. The number of ether oxygens (including phenoxy) is 2. The molecule has 4 rings (SSSR count). The van der Waals surface area contributed by atoms with Gasteiger partial charge in [0.1, 0.15) is 5.75 Å². The maximum atomic E-state index is 12.9. The molecular weight excluding hydrogens is 458 g/mol. The lowest BCUT2D eigenvalue weighted by Gasteiger charge is -2.33. The number of carbonyl (C=O) groups excluding carboxylic acids is 2. The fraction of sp³-hybridized carbons (Fsp3) is 0.259. The van der Waals surface area contributed by atoms with Gasteiger partial charge in [-0.2, -0.15) is 0 Å². The van der Waals surface area contributed by atoms with Crippen molar-refractivity contribution in [2.75, 3.05) is 19.7 Å². The highest BCUT2D eigenvalue weighted by atomic mass is 16.5. The van der Waals surface area contributed by atoms with Crippen molar-refractivity contribution in [3.05, 3.63) is 84.3 Å². The second kappa shape index (κ2) is 11.4. The molecule has 2 heterocycles. The summed E-state index contributed by atoms with van der Waals surface area (Å²) in [6.07, 6.45) is 4.54. The van der Waals surface area contributed by atoms with Crippen LogP contribution in [-0.4, -0.2) is 52.5 Å². The van der Waals surface area contributed by atoms with Crippen LogP contribution < -0.4 is 10.5 Å². The van der Waals surface area contributed by atoms with E-state index in [0.29, 0.717) is 36.8 Å². The Labute approximate surface area is 209 Å². The number of allylic oxidation sites excluding steroid dienone is 1. The number of nitrogens with one attached hydrogen (secondary N) is 1. The van der Waals surface area contributed by atoms with Gasteiger partial charge in [0.2, 0.25) is 5.78 Å². The molecule has 2 aromatic carbocycles. The number of H-pyrrole nitrogens is 1. The standard InChI is InChI=1S/C27H29N5O4/c1-3-15-29-26(24(28)32-16-7-8-19(17-32)27(34)35-4-2)36-20-13-11-18(12-14-20)23(33)25-30-21-9-5-6-10-22(21)31-25/h3,5-6,9-15,19H,1,4,7-8,16-17,28H2,2H3,(H,30,31)/b26-24-,29-15?/t19-/m0/s1. The second-order valence-electron chi connectivity index (χ2n) is 8.30. The zero-order valence-electron chi connectivity index (χ0n) is 20.1. The topological polar surface area (TPSA) is 123 Å². The first-order valence-electron chi connectivity index (χ1n) is 11.8. The summed E-state index contributed by atoms with van der Waals surface area (Å²) in [5, 5.41) is 0. The van der Waals surface area contributed by atoms with Gasteiger partial charge in [0.25, 0.3) is 5.88 Å². The molecule has 0 unspecified atom stereocenters. The second-order valence-corrected chi connectivity index (χ2v) is 8.30. The number of esters is 1. The minimum atomic E-state index is -0.259. The Morgan fingerprint density at radius 2 is 2.03 bits per heavy atom. The number of nitrogens with zero attached hydrogens (tertiary/aromatic N) is 3. The maximum Gasteiger partial charge on any atom is 0.310 e. The Kier molecular flexibility index (Phi) is 7.79. The van der Waals surface area contributed by atoms with Crippen molar-refractivity contribution in [2.24, 2.45) is 16.6 Å². The van der Waals surface area contributed by atoms with Crippen LogP contribution in [0.1, 0.15) is 35.9 Å². The number of aliphatic imine (C=N–C) groups is 1. The molecule has 3 aromatic rings. The number of imidazole rings is 1. The predicted octanol–water partition coefficient (Wildman–Crippen LogP) is 3.79. The van der Waals surface area contributed by atoms with Crippen LogP contribution in [0.2, 0.25) is 0 Å². The van der Waals surface area contributed by atoms with Crippen LogP contribution in [-0.2, 0) is 9.53 Å². The van der Waals surface area contributed by atoms with E-state index in [1.54, 1.807) is 31.2 Å². The van der Waals surface area contributed by atoms with Crippen molar-refractivity contribution in [3.8, 4) is 5.75 Å². The lowest BCUT2D eigenvalue weighted by atomic mass is 9.98. The van der Waals surface area contributed by atoms with Crippen molar-refractivity contribution in [1.82, 2.24) is 14.9 Å². The van der Waals surface area contributed by atoms with Crippen LogP contribution in [0.15, 0.2) is 77.9 Å². The molecule has 1 fully saturated rings. The molecule has 0 amide bonds. The Morgan fingerprint density at radius 3 is 2.75 bits per heavy atom. The van der Waals surface area contributed by atoms with Crippen LogP contribution in [0, 0.1) is 5.92 Å². The summed E-state index contributed by atoms with van der Waals surface area (Å²) < 4.78 is 11.2. The van der Waals surface area contributed by atoms with Crippen molar-refractivity contribution in [3.63, 3.8) is 0 Å². The van der Waals surface area contributed by atoms with Gasteiger partial charge < -0.3 is 25.1 Å². The van der Waals surface area contributed by atoms with E-state index in [1.165, 1.54) is 12.3 Å². The summed E-state index contributed by atoms with van der Waals surface area (Å²) in [6, 6.07) is 14.1. The molecule has 1 aliphatic rings. The summed E-state index contributed by atoms with van der Waals surface area (Å²) >= 11 is 0. The number of para-hydroxylation sites is 2. The SMILES string of the molecule is C=CC=N/C(Oc1ccc(C(=O)c2nc3ccccc3[nH]2)cc1)=C(\N)N1CCC[C@H](C(=O)OCC)C1. The van der Waals surface area contributed by atoms with Gasteiger partial charge in [0, 0.05) is 24.9 Å². The van der Waals surface area contributed by atoms with E-state index in [0.717, 1.165) is 23.9 Å². The molecule has 36 heavy (non-hydrogen) atoms. The first-order valence-corrected chi connectivity index (χ1v) is 11.8. The number of aromatic nitrogens is 2. The number of benzene rings is 2. The number of rotatable bonds is 9. The third-order valence-electron chi connectivity index (χ3n) is 5.83. The van der Waals surface area contributed by atoms with Crippen molar-refractivity contribution >= 4 is 29.0 Å². The van der Waals surface area contributed by atoms with E-state index in [4.69, 9.17) is 15.2 Å². The number of hydrogen-bond acceptors (Lipinski definition) is 8. The summed E-state index contributed by atoms with van der Waals surface area (Å²) in [5.41, 5.74) is 8.41. The third kappa shape index (κ3) is 5.63. The van der Waals surface area contributed by atoms with Gasteiger partial charge >= 0.3 is 5.97 Å². The molecule has 0 spiro atoms. The molecular formula is C27H29N5O4. The fourth-order valence-corrected chi connectivity index (χ4v) is 4.03. The fourth-order valence-electron chi connectivity index (χ4n) is 4.03. The number of nitrogens with two attached hydrogens (primary N) is 1. The zero-order valence-corrected chi connectivity index (χ0v) is 20.1. The lowest BCUT2D eigenvalue weighted by molar-refractivity contribution is -0.149. The van der Waals surface area contributed by atoms with E-state index >= 15 is 0 Å². The molecule has 1 atom stereocenters. The van der Waals surface area contributed by atoms with Crippen molar-refractivity contribution < 1.29 is 19.1 Å². The number of likely N-dealkylation sites (tertiary alicyclic amines) is 1. The van der Waals surface area contributed by atoms with E-state index < -0.39 is 0 Å². The molecule has 0 radical (unpaired) electrons. The maximum absolute atomic E-state index is 12.9. The molecule has 1 aromatic heterocycles. The molecule has 0 aliphatic carbocycles. The molecule has 1 aliphatic heterocycles. The monoisotopic (exact) mass is 487 g/mol. The van der Waals surface area contributed by atoms with E-state index in [2.05, 4.69) is 21.5 Å². The molecule has 3 N–H and O–H groups in total. The van der Waals surface area contributed by atoms with Crippen LogP contribution >= 0.6 is 0 Å². The molecule has 9 heteroatoms. The van der Waals surface area contributed by atoms with Gasteiger partial charge in [-0.25, -0.2) is 9.98 Å². The Bertz CT molecular complexity index is 1280. The number of fused-ring (bicyclic) bond motifs is 1. The number of piperidine rings is 1. The van der Waals surface area contributed by atoms with Gasteiger partial charge in [-0.15, -0.1) is 0 Å². The first-order chi connectivity index (χ1) is 17.5. The Hall–Kier alpha value is -4.40. The minimum Gasteiger partial charge on any atom is -0.466 e. The van der Waals surface area contributed by atoms with Crippen molar-refractivity contribution in [2.45, 2.75) is 19.8 Å². The lowest BCUT2D eigenvalue weighted by Crippen LogP contribution is -2.41. The number of ketones is 1. The quantitative estimate of drug-likeness (QED) is 0.204. The minimum absolute atomic E-state index is 0.177. The third-order valence-corrected chi connectivity index (χ3v) is 5.83. The average molecular weight is 488 g/mol.